The fourth-order valence-electron chi connectivity index (χ4n) is 2.02. The zero-order valence-corrected chi connectivity index (χ0v) is 9.17. The molecule has 3 heteroatoms. The van der Waals surface area contributed by atoms with E-state index < -0.39 is 0 Å². The van der Waals surface area contributed by atoms with Crippen molar-refractivity contribution in [3.63, 3.8) is 0 Å². The Kier molecular flexibility index (Phi) is 3.25. The van der Waals surface area contributed by atoms with Crippen molar-refractivity contribution in [2.24, 2.45) is 0 Å². The average Bonchev–Trinajstić information content (AvgIpc) is 2.29. The van der Waals surface area contributed by atoms with E-state index in [1.165, 1.54) is 5.56 Å². The van der Waals surface area contributed by atoms with Gasteiger partial charge in [-0.05, 0) is 37.0 Å². The summed E-state index contributed by atoms with van der Waals surface area (Å²) >= 11 is 5.94. The van der Waals surface area contributed by atoms with Crippen LogP contribution in [0.4, 0.5) is 0 Å². The van der Waals surface area contributed by atoms with Crippen LogP contribution in [0.2, 0.25) is 5.02 Å². The monoisotopic (exact) mass is 220 g/mol. The van der Waals surface area contributed by atoms with E-state index in [-0.39, 0.29) is 12.1 Å². The van der Waals surface area contributed by atoms with Crippen LogP contribution < -0.4 is 5.32 Å². The van der Waals surface area contributed by atoms with Crippen LogP contribution in [0.5, 0.6) is 0 Å². The molecule has 1 heterocycles. The number of hydrogen-bond acceptors (Lipinski definition) is 2. The standard InChI is InChI=1S/C12H13ClN2/c13-10-4-1-3-9(7-10)12-6-2-5-11(8-14)15-12/h1,3-4,7,11-12,15H,2,5-6H2. The first kappa shape index (κ1) is 10.5. The number of halogens is 1. The fourth-order valence-corrected chi connectivity index (χ4v) is 2.22. The van der Waals surface area contributed by atoms with Gasteiger partial charge in [-0.2, -0.15) is 5.26 Å². The number of nitrogens with one attached hydrogen (secondary N) is 1. The molecule has 2 rings (SSSR count). The topological polar surface area (TPSA) is 35.8 Å². The summed E-state index contributed by atoms with van der Waals surface area (Å²) in [5, 5.41) is 13.0. The van der Waals surface area contributed by atoms with E-state index in [1.54, 1.807) is 0 Å². The first-order valence-corrected chi connectivity index (χ1v) is 5.58. The number of nitrogens with zero attached hydrogens (tertiary/aromatic N) is 1. The lowest BCUT2D eigenvalue weighted by molar-refractivity contribution is 0.368. The summed E-state index contributed by atoms with van der Waals surface area (Å²) in [5.41, 5.74) is 1.18. The first-order chi connectivity index (χ1) is 7.29. The molecule has 1 fully saturated rings. The third-order valence-electron chi connectivity index (χ3n) is 2.79. The molecule has 0 aliphatic carbocycles. The molecule has 15 heavy (non-hydrogen) atoms. The van der Waals surface area contributed by atoms with Gasteiger partial charge in [0.1, 0.15) is 0 Å². The molecule has 0 radical (unpaired) electrons. The quantitative estimate of drug-likeness (QED) is 0.790. The SMILES string of the molecule is N#CC1CCCC(c2cccc(Cl)c2)N1. The van der Waals surface area contributed by atoms with Gasteiger partial charge in [0, 0.05) is 11.1 Å². The molecule has 1 aromatic rings. The third kappa shape index (κ3) is 2.50. The van der Waals surface area contributed by atoms with Gasteiger partial charge in [-0.25, -0.2) is 0 Å². The Balaban J connectivity index is 2.14. The maximum absolute atomic E-state index is 8.87. The van der Waals surface area contributed by atoms with Crippen molar-refractivity contribution in [3.8, 4) is 6.07 Å². The van der Waals surface area contributed by atoms with Crippen molar-refractivity contribution in [2.75, 3.05) is 0 Å². The van der Waals surface area contributed by atoms with E-state index >= 15 is 0 Å². The zero-order chi connectivity index (χ0) is 10.7. The highest BCUT2D eigenvalue weighted by atomic mass is 35.5. The second-order valence-electron chi connectivity index (χ2n) is 3.89. The number of piperidine rings is 1. The van der Waals surface area contributed by atoms with Crippen molar-refractivity contribution < 1.29 is 0 Å². The number of hydrogen-bond donors (Lipinski definition) is 1. The summed E-state index contributed by atoms with van der Waals surface area (Å²) in [6.45, 7) is 0. The third-order valence-corrected chi connectivity index (χ3v) is 3.03. The van der Waals surface area contributed by atoms with Crippen LogP contribution in [0.25, 0.3) is 0 Å². The number of benzene rings is 1. The molecule has 1 aliphatic rings. The van der Waals surface area contributed by atoms with E-state index in [2.05, 4.69) is 17.5 Å². The summed E-state index contributed by atoms with van der Waals surface area (Å²) < 4.78 is 0. The molecule has 1 aromatic carbocycles. The van der Waals surface area contributed by atoms with Gasteiger partial charge in [0.25, 0.3) is 0 Å². The van der Waals surface area contributed by atoms with E-state index in [0.29, 0.717) is 0 Å². The summed E-state index contributed by atoms with van der Waals surface area (Å²) in [4.78, 5) is 0. The Bertz CT molecular complexity index is 383. The van der Waals surface area contributed by atoms with Gasteiger partial charge in [0.05, 0.1) is 12.1 Å². The predicted octanol–water partition coefficient (Wildman–Crippen LogP) is 3.05. The van der Waals surface area contributed by atoms with Crippen molar-refractivity contribution in [1.29, 1.82) is 5.26 Å². The minimum Gasteiger partial charge on any atom is -0.295 e. The van der Waals surface area contributed by atoms with Crippen molar-refractivity contribution in [3.05, 3.63) is 34.9 Å². The fraction of sp³-hybridized carbons (Fsp3) is 0.417. The molecular formula is C12H13ClN2. The summed E-state index contributed by atoms with van der Waals surface area (Å²) in [6.07, 6.45) is 3.13. The minimum atomic E-state index is -0.0114. The largest absolute Gasteiger partial charge is 0.295 e. The molecule has 2 unspecified atom stereocenters. The molecule has 2 nitrogen and oxygen atoms in total. The smallest absolute Gasteiger partial charge is 0.0957 e. The minimum absolute atomic E-state index is 0.0114. The highest BCUT2D eigenvalue weighted by molar-refractivity contribution is 6.30. The van der Waals surface area contributed by atoms with Crippen molar-refractivity contribution in [2.45, 2.75) is 31.3 Å². The first-order valence-electron chi connectivity index (χ1n) is 5.21. The summed E-state index contributed by atoms with van der Waals surface area (Å²) in [7, 11) is 0. The molecule has 0 bridgehead atoms. The van der Waals surface area contributed by atoms with Crippen LogP contribution in [0, 0.1) is 11.3 Å². The van der Waals surface area contributed by atoms with E-state index in [1.807, 2.05) is 18.2 Å². The number of rotatable bonds is 1. The van der Waals surface area contributed by atoms with Crippen LogP contribution in [-0.2, 0) is 0 Å². The van der Waals surface area contributed by atoms with Gasteiger partial charge in [-0.15, -0.1) is 0 Å². The van der Waals surface area contributed by atoms with E-state index in [9.17, 15) is 0 Å². The van der Waals surface area contributed by atoms with Crippen molar-refractivity contribution in [1.82, 2.24) is 5.32 Å². The Morgan fingerprint density at radius 3 is 3.00 bits per heavy atom. The van der Waals surface area contributed by atoms with Crippen LogP contribution in [0.15, 0.2) is 24.3 Å². The second-order valence-corrected chi connectivity index (χ2v) is 4.32. The predicted molar refractivity (Wildman–Crippen MR) is 60.6 cm³/mol. The molecule has 78 valence electrons. The maximum Gasteiger partial charge on any atom is 0.0957 e. The Morgan fingerprint density at radius 1 is 1.40 bits per heavy atom. The highest BCUT2D eigenvalue weighted by Crippen LogP contribution is 2.26. The molecule has 1 N–H and O–H groups in total. The van der Waals surface area contributed by atoms with Gasteiger partial charge in [0.2, 0.25) is 0 Å². The molecule has 0 amide bonds. The van der Waals surface area contributed by atoms with Crippen molar-refractivity contribution >= 4 is 11.6 Å². The lowest BCUT2D eigenvalue weighted by atomic mass is 9.94. The highest BCUT2D eigenvalue weighted by Gasteiger charge is 2.21. The molecule has 1 aliphatic heterocycles. The van der Waals surface area contributed by atoms with Crippen LogP contribution in [0.1, 0.15) is 30.9 Å². The normalized spacial score (nSPS) is 25.9. The maximum atomic E-state index is 8.87. The Hall–Kier alpha value is -1.04. The lowest BCUT2D eigenvalue weighted by Gasteiger charge is -2.27. The molecule has 0 aromatic heterocycles. The van der Waals surface area contributed by atoms with Gasteiger partial charge in [-0.3, -0.25) is 5.32 Å². The summed E-state index contributed by atoms with van der Waals surface area (Å²) in [5.74, 6) is 0. The Labute approximate surface area is 94.9 Å². The van der Waals surface area contributed by atoms with Gasteiger partial charge in [0.15, 0.2) is 0 Å². The van der Waals surface area contributed by atoms with E-state index in [0.717, 1.165) is 24.3 Å². The Morgan fingerprint density at radius 2 is 2.27 bits per heavy atom. The molecule has 0 saturated carbocycles. The van der Waals surface area contributed by atoms with Crippen LogP contribution >= 0.6 is 11.6 Å². The van der Waals surface area contributed by atoms with Gasteiger partial charge < -0.3 is 0 Å². The van der Waals surface area contributed by atoms with Gasteiger partial charge in [-0.1, -0.05) is 23.7 Å². The van der Waals surface area contributed by atoms with Crippen LogP contribution in [0.3, 0.4) is 0 Å². The number of nitriles is 1. The van der Waals surface area contributed by atoms with Gasteiger partial charge >= 0.3 is 0 Å². The average molecular weight is 221 g/mol. The van der Waals surface area contributed by atoms with Crippen LogP contribution in [-0.4, -0.2) is 6.04 Å². The second kappa shape index (κ2) is 4.65. The molecular weight excluding hydrogens is 208 g/mol. The summed E-state index contributed by atoms with van der Waals surface area (Å²) in [6, 6.07) is 10.4. The molecule has 0 spiro atoms. The molecule has 2 atom stereocenters. The molecule has 1 saturated heterocycles. The lowest BCUT2D eigenvalue weighted by Crippen LogP contribution is -2.35. The zero-order valence-electron chi connectivity index (χ0n) is 8.41. The van der Waals surface area contributed by atoms with E-state index in [4.69, 9.17) is 16.9 Å².